The molecule has 0 aromatic heterocycles. The normalized spacial score (nSPS) is 11.8. The summed E-state index contributed by atoms with van der Waals surface area (Å²) >= 11 is 0. The number of anilines is 1. The summed E-state index contributed by atoms with van der Waals surface area (Å²) < 4.78 is 17.0. The Hall–Kier alpha value is -2.67. The van der Waals surface area contributed by atoms with Crippen LogP contribution in [0.2, 0.25) is 0 Å². The number of hydrogen-bond acceptors (Lipinski definition) is 4. The molecule has 0 bridgehead atoms. The van der Waals surface area contributed by atoms with Gasteiger partial charge in [0.05, 0.1) is 17.4 Å². The van der Waals surface area contributed by atoms with Gasteiger partial charge in [-0.15, -0.1) is 0 Å². The van der Waals surface area contributed by atoms with E-state index in [9.17, 15) is 18.9 Å². The number of nitrogens with one attached hydrogen (secondary N) is 1. The average Bonchev–Trinajstić information content (AvgIpc) is 2.55. The van der Waals surface area contributed by atoms with Crippen molar-refractivity contribution in [2.24, 2.45) is 0 Å². The molecule has 6 nitrogen and oxygen atoms in total. The van der Waals surface area contributed by atoms with Gasteiger partial charge in [-0.1, -0.05) is 12.1 Å². The third kappa shape index (κ3) is 5.42. The van der Waals surface area contributed by atoms with Gasteiger partial charge in [0.1, 0.15) is 5.75 Å². The molecule has 0 radical (unpaired) electrons. The summed E-state index contributed by atoms with van der Waals surface area (Å²) in [6.07, 6.45) is 1.46. The molecule has 0 saturated carbocycles. The minimum atomic E-state index is -1.09. The first-order valence-electron chi connectivity index (χ1n) is 8.00. The molecule has 0 aliphatic rings. The molecule has 1 unspecified atom stereocenters. The van der Waals surface area contributed by atoms with Crippen molar-refractivity contribution in [2.45, 2.75) is 25.7 Å². The van der Waals surface area contributed by atoms with E-state index in [2.05, 4.69) is 5.32 Å². The van der Waals surface area contributed by atoms with E-state index in [1.165, 1.54) is 18.2 Å². The van der Waals surface area contributed by atoms with Crippen LogP contribution in [0.25, 0.3) is 0 Å². The quantitative estimate of drug-likeness (QED) is 0.774. The summed E-state index contributed by atoms with van der Waals surface area (Å²) in [6.45, 7) is 3.68. The van der Waals surface area contributed by atoms with E-state index in [1.807, 2.05) is 13.8 Å². The number of rotatable bonds is 7. The maximum absolute atomic E-state index is 12.6. The van der Waals surface area contributed by atoms with Gasteiger partial charge in [-0.3, -0.25) is 9.00 Å². The predicted molar refractivity (Wildman–Crippen MR) is 101 cm³/mol. The van der Waals surface area contributed by atoms with Crippen LogP contribution < -0.4 is 10.1 Å². The smallest absolute Gasteiger partial charge is 0.335 e. The summed E-state index contributed by atoms with van der Waals surface area (Å²) in [4.78, 5) is 23.8. The lowest BCUT2D eigenvalue weighted by Crippen LogP contribution is -2.15. The predicted octanol–water partition coefficient (Wildman–Crippen LogP) is 3.30. The maximum Gasteiger partial charge on any atom is 0.335 e. The standard InChI is InChI=1S/C19H21NO5S/c1-12(2)25-17-8-7-15(19(22)23)10-16(17)20-18(21)14-6-4-5-13(9-14)11-26(3)24/h4-10,12H,11H2,1-3H3,(H,20,21)(H,22,23). The fraction of sp³-hybridized carbons (Fsp3) is 0.263. The van der Waals surface area contributed by atoms with Crippen molar-refractivity contribution in [1.82, 2.24) is 0 Å². The number of carbonyl (C=O) groups excluding carboxylic acids is 1. The minimum Gasteiger partial charge on any atom is -0.489 e. The number of carboxylic acid groups (broad SMARTS) is 1. The zero-order chi connectivity index (χ0) is 19.3. The fourth-order valence-corrected chi connectivity index (χ4v) is 3.00. The van der Waals surface area contributed by atoms with Gasteiger partial charge in [-0.05, 0) is 49.7 Å². The first-order valence-corrected chi connectivity index (χ1v) is 9.73. The van der Waals surface area contributed by atoms with Gasteiger partial charge in [0.2, 0.25) is 0 Å². The van der Waals surface area contributed by atoms with E-state index in [4.69, 9.17) is 4.74 Å². The van der Waals surface area contributed by atoms with Crippen molar-refractivity contribution in [1.29, 1.82) is 0 Å². The molecule has 1 amide bonds. The third-order valence-electron chi connectivity index (χ3n) is 3.40. The lowest BCUT2D eigenvalue weighted by Gasteiger charge is -2.16. The monoisotopic (exact) mass is 375 g/mol. The molecule has 7 heteroatoms. The van der Waals surface area contributed by atoms with Crippen LogP contribution in [-0.2, 0) is 16.6 Å². The molecule has 0 aliphatic heterocycles. The van der Waals surface area contributed by atoms with Crippen LogP contribution in [0.3, 0.4) is 0 Å². The van der Waals surface area contributed by atoms with E-state index >= 15 is 0 Å². The Labute approximate surface area is 154 Å². The zero-order valence-corrected chi connectivity index (χ0v) is 15.6. The number of carboxylic acids is 1. The van der Waals surface area contributed by atoms with E-state index in [0.717, 1.165) is 5.56 Å². The number of amides is 1. The summed E-state index contributed by atoms with van der Waals surface area (Å²) in [7, 11) is -1.01. The second-order valence-electron chi connectivity index (χ2n) is 6.05. The largest absolute Gasteiger partial charge is 0.489 e. The van der Waals surface area contributed by atoms with Crippen molar-refractivity contribution in [3.8, 4) is 5.75 Å². The van der Waals surface area contributed by atoms with Crippen LogP contribution in [-0.4, -0.2) is 33.6 Å². The third-order valence-corrected chi connectivity index (χ3v) is 4.14. The molecule has 2 aromatic rings. The molecule has 0 fully saturated rings. The molecule has 2 aromatic carbocycles. The van der Waals surface area contributed by atoms with Crippen molar-refractivity contribution in [3.63, 3.8) is 0 Å². The molecule has 0 aliphatic carbocycles. The molecule has 0 heterocycles. The number of carbonyl (C=O) groups is 2. The Morgan fingerprint density at radius 3 is 2.50 bits per heavy atom. The summed E-state index contributed by atoms with van der Waals surface area (Å²) in [5.41, 5.74) is 1.51. The van der Waals surface area contributed by atoms with Gasteiger partial charge < -0.3 is 15.2 Å². The number of hydrogen-bond donors (Lipinski definition) is 2. The zero-order valence-electron chi connectivity index (χ0n) is 14.8. The van der Waals surface area contributed by atoms with Crippen molar-refractivity contribution in [3.05, 3.63) is 59.2 Å². The lowest BCUT2D eigenvalue weighted by molar-refractivity contribution is 0.0696. The molecular weight excluding hydrogens is 354 g/mol. The topological polar surface area (TPSA) is 92.7 Å². The SMILES string of the molecule is CC(C)Oc1ccc(C(=O)O)cc1NC(=O)c1cccc(CS(C)=O)c1. The van der Waals surface area contributed by atoms with Crippen LogP contribution in [0, 0.1) is 0 Å². The van der Waals surface area contributed by atoms with Crippen LogP contribution >= 0.6 is 0 Å². The molecule has 0 spiro atoms. The van der Waals surface area contributed by atoms with Crippen LogP contribution in [0.1, 0.15) is 40.1 Å². The first kappa shape index (κ1) is 19.7. The maximum atomic E-state index is 12.6. The van der Waals surface area contributed by atoms with E-state index < -0.39 is 22.7 Å². The summed E-state index contributed by atoms with van der Waals surface area (Å²) in [5.74, 6) is -0.741. The van der Waals surface area contributed by atoms with Crippen molar-refractivity contribution < 1.29 is 23.6 Å². The van der Waals surface area contributed by atoms with E-state index in [-0.39, 0.29) is 17.4 Å². The van der Waals surface area contributed by atoms with Crippen molar-refractivity contribution >= 4 is 28.4 Å². The van der Waals surface area contributed by atoms with Crippen LogP contribution in [0.4, 0.5) is 5.69 Å². The number of benzene rings is 2. The van der Waals surface area contributed by atoms with Gasteiger partial charge >= 0.3 is 5.97 Å². The molecule has 0 saturated heterocycles. The van der Waals surface area contributed by atoms with E-state index in [0.29, 0.717) is 17.1 Å². The molecular formula is C19H21NO5S. The van der Waals surface area contributed by atoms with Crippen molar-refractivity contribution in [2.75, 3.05) is 11.6 Å². The Morgan fingerprint density at radius 2 is 1.88 bits per heavy atom. The average molecular weight is 375 g/mol. The first-order chi connectivity index (χ1) is 12.3. The summed E-state index contributed by atoms with van der Waals surface area (Å²) in [5, 5.41) is 11.9. The lowest BCUT2D eigenvalue weighted by atomic mass is 10.1. The highest BCUT2D eigenvalue weighted by molar-refractivity contribution is 7.83. The Morgan fingerprint density at radius 1 is 1.15 bits per heavy atom. The molecule has 26 heavy (non-hydrogen) atoms. The minimum absolute atomic E-state index is 0.0477. The van der Waals surface area contributed by atoms with Gasteiger partial charge in [0.15, 0.2) is 0 Å². The highest BCUT2D eigenvalue weighted by Gasteiger charge is 2.15. The van der Waals surface area contributed by atoms with Gasteiger partial charge in [-0.2, -0.15) is 0 Å². The van der Waals surface area contributed by atoms with Gasteiger partial charge in [-0.25, -0.2) is 4.79 Å². The molecule has 138 valence electrons. The van der Waals surface area contributed by atoms with Crippen LogP contribution in [0.15, 0.2) is 42.5 Å². The molecule has 2 N–H and O–H groups in total. The number of ether oxygens (including phenoxy) is 1. The fourth-order valence-electron chi connectivity index (χ4n) is 2.35. The Bertz CT molecular complexity index is 848. The summed E-state index contributed by atoms with van der Waals surface area (Å²) in [6, 6.07) is 11.1. The second kappa shape index (κ2) is 8.62. The molecule has 1 atom stereocenters. The Kier molecular flexibility index (Phi) is 6.52. The van der Waals surface area contributed by atoms with Gasteiger partial charge in [0.25, 0.3) is 5.91 Å². The highest BCUT2D eigenvalue weighted by Crippen LogP contribution is 2.27. The van der Waals surface area contributed by atoms with Gasteiger partial charge in [0, 0.05) is 28.4 Å². The Balaban J connectivity index is 2.30. The van der Waals surface area contributed by atoms with E-state index in [1.54, 1.807) is 30.5 Å². The van der Waals surface area contributed by atoms with Crippen LogP contribution in [0.5, 0.6) is 5.75 Å². The number of aromatic carboxylic acids is 1. The highest BCUT2D eigenvalue weighted by atomic mass is 32.2. The molecule has 2 rings (SSSR count). The second-order valence-corrected chi connectivity index (χ2v) is 7.49.